The van der Waals surface area contributed by atoms with Gasteiger partial charge in [-0.15, -0.1) is 0 Å². The molecule has 4 rings (SSSR count). The van der Waals surface area contributed by atoms with Crippen LogP contribution >= 0.6 is 11.6 Å². The van der Waals surface area contributed by atoms with Gasteiger partial charge in [0.1, 0.15) is 17.7 Å². The first-order chi connectivity index (χ1) is 18.6. The quantitative estimate of drug-likeness (QED) is 0.195. The van der Waals surface area contributed by atoms with Crippen LogP contribution in [0.25, 0.3) is 10.9 Å². The number of nitrogens with zero attached hydrogens (tertiary/aromatic N) is 2. The number of aryl methyl sites for hydroxylation is 1. The normalized spacial score (nSPS) is 16.4. The Labute approximate surface area is 229 Å². The predicted molar refractivity (Wildman–Crippen MR) is 141 cm³/mol. The summed E-state index contributed by atoms with van der Waals surface area (Å²) in [6.45, 7) is 1.77. The molecule has 0 spiro atoms. The van der Waals surface area contributed by atoms with E-state index in [4.69, 9.17) is 16.3 Å². The van der Waals surface area contributed by atoms with Crippen molar-refractivity contribution in [2.45, 2.75) is 51.1 Å². The summed E-state index contributed by atoms with van der Waals surface area (Å²) in [5.74, 6) is -3.42. The van der Waals surface area contributed by atoms with Gasteiger partial charge in [0, 0.05) is 23.2 Å². The van der Waals surface area contributed by atoms with E-state index in [1.54, 1.807) is 18.2 Å². The highest BCUT2D eigenvalue weighted by molar-refractivity contribution is 6.32. The average Bonchev–Trinajstić information content (AvgIpc) is 2.90. The lowest BCUT2D eigenvalue weighted by Gasteiger charge is -2.41. The number of pyridine rings is 1. The Bertz CT molecular complexity index is 1330. The molecule has 1 saturated heterocycles. The van der Waals surface area contributed by atoms with Gasteiger partial charge in [0.15, 0.2) is 11.6 Å². The molecule has 0 radical (unpaired) electrons. The number of likely N-dealkylation sites (tertiary alicyclic amines) is 1. The third-order valence-corrected chi connectivity index (χ3v) is 8.04. The molecule has 3 aromatic rings. The van der Waals surface area contributed by atoms with Gasteiger partial charge >= 0.3 is 5.97 Å². The van der Waals surface area contributed by atoms with Gasteiger partial charge in [-0.05, 0) is 93.4 Å². The number of hydrogen-bond donors (Lipinski definition) is 1. The van der Waals surface area contributed by atoms with Crippen molar-refractivity contribution in [3.05, 3.63) is 70.1 Å². The molecule has 2 aromatic carbocycles. The molecule has 0 aliphatic carbocycles. The highest BCUT2D eigenvalue weighted by Crippen LogP contribution is 2.44. The van der Waals surface area contributed by atoms with Gasteiger partial charge in [-0.2, -0.15) is 0 Å². The van der Waals surface area contributed by atoms with Crippen LogP contribution in [0.4, 0.5) is 17.6 Å². The van der Waals surface area contributed by atoms with Crippen LogP contribution in [0.15, 0.2) is 36.5 Å². The molecule has 1 N–H and O–H groups in total. The fourth-order valence-electron chi connectivity index (χ4n) is 5.56. The summed E-state index contributed by atoms with van der Waals surface area (Å²) in [6.07, 6.45) is 2.22. The second-order valence-corrected chi connectivity index (χ2v) is 10.7. The van der Waals surface area contributed by atoms with Gasteiger partial charge in [-0.3, -0.25) is 9.78 Å². The van der Waals surface area contributed by atoms with Crippen LogP contribution in [0.2, 0.25) is 5.02 Å². The molecule has 1 fully saturated rings. The number of aliphatic carboxylic acids is 1. The number of carbonyl (C=O) groups is 1. The van der Waals surface area contributed by atoms with Crippen molar-refractivity contribution in [2.24, 2.45) is 5.41 Å². The fourth-order valence-corrected chi connectivity index (χ4v) is 5.83. The molecule has 2 heterocycles. The molecule has 1 aromatic heterocycles. The monoisotopic (exact) mass is 566 g/mol. The Morgan fingerprint density at radius 2 is 1.95 bits per heavy atom. The number of fused-ring (bicyclic) bond motifs is 1. The Hall–Kier alpha value is -2.91. The van der Waals surface area contributed by atoms with Crippen molar-refractivity contribution >= 4 is 28.5 Å². The third kappa shape index (κ3) is 7.00. The Morgan fingerprint density at radius 1 is 1.21 bits per heavy atom. The van der Waals surface area contributed by atoms with Crippen LogP contribution in [0, 0.1) is 22.9 Å². The van der Waals surface area contributed by atoms with Crippen LogP contribution in [-0.2, 0) is 11.2 Å². The zero-order valence-electron chi connectivity index (χ0n) is 21.7. The number of piperidine rings is 1. The van der Waals surface area contributed by atoms with Crippen molar-refractivity contribution in [2.75, 3.05) is 26.7 Å². The van der Waals surface area contributed by atoms with Gasteiger partial charge < -0.3 is 14.7 Å². The highest BCUT2D eigenvalue weighted by Gasteiger charge is 2.37. The largest absolute Gasteiger partial charge is 0.497 e. The molecule has 1 aliphatic rings. The minimum absolute atomic E-state index is 0.00126. The van der Waals surface area contributed by atoms with Crippen molar-refractivity contribution in [1.82, 2.24) is 9.88 Å². The minimum Gasteiger partial charge on any atom is -0.497 e. The number of hydrogen-bond acceptors (Lipinski definition) is 4. The summed E-state index contributed by atoms with van der Waals surface area (Å²) in [5.41, 5.74) is 0.340. The standard InChI is InChI=1S/C29H31ClF4N2O3/c1-39-20-4-5-25-21(15-20)27(22(30)17-35-25)23(32)6-7-29(16-26(37)38)8-11-36(12-9-29)10-2-3-18-13-19(31)14-24(33)28(18)34/h4-5,13-15,17,23H,2-3,6-12,16H2,1H3,(H,37,38)/t23-/m0/s1. The average molecular weight is 567 g/mol. The van der Waals surface area contributed by atoms with Crippen LogP contribution in [0.1, 0.15) is 55.8 Å². The molecule has 0 saturated carbocycles. The van der Waals surface area contributed by atoms with Crippen LogP contribution in [-0.4, -0.2) is 47.7 Å². The van der Waals surface area contributed by atoms with E-state index in [1.807, 2.05) is 0 Å². The van der Waals surface area contributed by atoms with Crippen LogP contribution in [0.5, 0.6) is 5.75 Å². The maximum absolute atomic E-state index is 15.7. The first-order valence-electron chi connectivity index (χ1n) is 12.9. The molecule has 1 aliphatic heterocycles. The SMILES string of the molecule is COc1ccc2ncc(Cl)c([C@@H](F)CCC3(CC(=O)O)CCN(CCCc4cc(F)cc(F)c4F)CC3)c2c1. The van der Waals surface area contributed by atoms with Gasteiger partial charge in [-0.1, -0.05) is 11.6 Å². The van der Waals surface area contributed by atoms with Crippen LogP contribution < -0.4 is 4.74 Å². The second kappa shape index (κ2) is 12.5. The van der Waals surface area contributed by atoms with Crippen molar-refractivity contribution in [1.29, 1.82) is 0 Å². The van der Waals surface area contributed by atoms with E-state index in [0.29, 0.717) is 73.6 Å². The molecule has 10 heteroatoms. The summed E-state index contributed by atoms with van der Waals surface area (Å²) in [4.78, 5) is 18.1. The van der Waals surface area contributed by atoms with E-state index in [2.05, 4.69) is 9.88 Å². The maximum Gasteiger partial charge on any atom is 0.303 e. The Kier molecular flexibility index (Phi) is 9.33. The molecular weight excluding hydrogens is 536 g/mol. The lowest BCUT2D eigenvalue weighted by atomic mass is 9.71. The number of halogens is 5. The number of aromatic nitrogens is 1. The number of rotatable bonds is 11. The number of carboxylic acids is 1. The van der Waals surface area contributed by atoms with E-state index in [9.17, 15) is 23.1 Å². The second-order valence-electron chi connectivity index (χ2n) is 10.3. The molecule has 210 valence electrons. The van der Waals surface area contributed by atoms with Crippen molar-refractivity contribution in [3.63, 3.8) is 0 Å². The third-order valence-electron chi connectivity index (χ3n) is 7.74. The Balaban J connectivity index is 1.39. The summed E-state index contributed by atoms with van der Waals surface area (Å²) in [7, 11) is 1.52. The molecule has 5 nitrogen and oxygen atoms in total. The molecule has 0 unspecified atom stereocenters. The van der Waals surface area contributed by atoms with Gasteiger partial charge in [0.25, 0.3) is 0 Å². The summed E-state index contributed by atoms with van der Waals surface area (Å²) >= 11 is 6.36. The zero-order chi connectivity index (χ0) is 28.2. The van der Waals surface area contributed by atoms with E-state index >= 15 is 4.39 Å². The Morgan fingerprint density at radius 3 is 2.64 bits per heavy atom. The summed E-state index contributed by atoms with van der Waals surface area (Å²) < 4.78 is 61.8. The smallest absolute Gasteiger partial charge is 0.303 e. The molecule has 39 heavy (non-hydrogen) atoms. The lowest BCUT2D eigenvalue weighted by molar-refractivity contribution is -0.141. The van der Waals surface area contributed by atoms with Crippen molar-refractivity contribution < 1.29 is 32.2 Å². The molecule has 0 bridgehead atoms. The van der Waals surface area contributed by atoms with E-state index in [0.717, 1.165) is 6.07 Å². The molecule has 1 atom stereocenters. The summed E-state index contributed by atoms with van der Waals surface area (Å²) in [6, 6.07) is 6.71. The lowest BCUT2D eigenvalue weighted by Crippen LogP contribution is -2.41. The number of benzene rings is 2. The van der Waals surface area contributed by atoms with Gasteiger partial charge in [0.05, 0.1) is 24.1 Å². The minimum atomic E-state index is -1.42. The topological polar surface area (TPSA) is 62.7 Å². The fraction of sp³-hybridized carbons (Fsp3) is 0.448. The van der Waals surface area contributed by atoms with Crippen LogP contribution in [0.3, 0.4) is 0 Å². The van der Waals surface area contributed by atoms with Gasteiger partial charge in [-0.25, -0.2) is 17.6 Å². The predicted octanol–water partition coefficient (Wildman–Crippen LogP) is 7.29. The van der Waals surface area contributed by atoms with E-state index < -0.39 is 35.0 Å². The number of alkyl halides is 1. The number of methoxy groups -OCH3 is 1. The van der Waals surface area contributed by atoms with Crippen molar-refractivity contribution in [3.8, 4) is 5.75 Å². The highest BCUT2D eigenvalue weighted by atomic mass is 35.5. The van der Waals surface area contributed by atoms with E-state index in [-0.39, 0.29) is 29.8 Å². The number of carboxylic acid groups (broad SMARTS) is 1. The zero-order valence-corrected chi connectivity index (χ0v) is 22.4. The first-order valence-corrected chi connectivity index (χ1v) is 13.3. The van der Waals surface area contributed by atoms with Gasteiger partial charge in [0.2, 0.25) is 0 Å². The molecular formula is C29H31ClF4N2O3. The number of ether oxygens (including phenoxy) is 1. The summed E-state index contributed by atoms with van der Waals surface area (Å²) in [5, 5.41) is 10.4. The van der Waals surface area contributed by atoms with E-state index in [1.165, 1.54) is 13.3 Å². The molecule has 0 amide bonds. The maximum atomic E-state index is 15.7. The first kappa shape index (κ1) is 29.1.